The van der Waals surface area contributed by atoms with Gasteiger partial charge in [0.05, 0.1) is 10.6 Å². The average Bonchev–Trinajstić information content (AvgIpc) is 2.78. The van der Waals surface area contributed by atoms with Gasteiger partial charge in [0.25, 0.3) is 0 Å². The van der Waals surface area contributed by atoms with Crippen LogP contribution in [0.25, 0.3) is 6.08 Å². The smallest absolute Gasteiger partial charge is 0.186 e. The highest BCUT2D eigenvalue weighted by Gasteiger charge is 2.15. The minimum atomic E-state index is 0.618. The number of piperidine rings is 1. The van der Waals surface area contributed by atoms with E-state index in [-0.39, 0.29) is 0 Å². The van der Waals surface area contributed by atoms with Crippen molar-refractivity contribution < 1.29 is 0 Å². The molecule has 1 saturated heterocycles. The Hall–Kier alpha value is -0.540. The van der Waals surface area contributed by atoms with E-state index < -0.39 is 0 Å². The monoisotopic (exact) mass is 284 g/mol. The molecule has 0 unspecified atom stereocenters. The van der Waals surface area contributed by atoms with Gasteiger partial charge in [0, 0.05) is 19.0 Å². The van der Waals surface area contributed by atoms with Crippen LogP contribution in [0.2, 0.25) is 0 Å². The Morgan fingerprint density at radius 3 is 2.72 bits per heavy atom. The number of nitrogens with zero attached hydrogens (tertiary/aromatic N) is 2. The second kappa shape index (κ2) is 6.58. The highest BCUT2D eigenvalue weighted by Crippen LogP contribution is 2.30. The van der Waals surface area contributed by atoms with E-state index in [2.05, 4.69) is 24.8 Å². The molecule has 1 aromatic rings. The van der Waals surface area contributed by atoms with Crippen LogP contribution in [0.4, 0.5) is 5.13 Å². The lowest BCUT2D eigenvalue weighted by Crippen LogP contribution is -2.29. The van der Waals surface area contributed by atoms with E-state index in [0.717, 1.165) is 25.2 Å². The standard InChI is InChI=1S/C14H21ClN2S/c1-3-12(10-15)9-13-11(2)16-14(18-13)17-7-5-4-6-8-17/h9H,3-8,10H2,1-2H3. The highest BCUT2D eigenvalue weighted by atomic mass is 35.5. The zero-order valence-corrected chi connectivity index (χ0v) is 12.8. The van der Waals surface area contributed by atoms with Crippen molar-refractivity contribution in [3.05, 3.63) is 16.1 Å². The van der Waals surface area contributed by atoms with Crippen molar-refractivity contribution in [2.24, 2.45) is 0 Å². The van der Waals surface area contributed by atoms with E-state index in [1.54, 1.807) is 11.3 Å². The van der Waals surface area contributed by atoms with Crippen LogP contribution in [0, 0.1) is 6.92 Å². The molecule has 4 heteroatoms. The van der Waals surface area contributed by atoms with Gasteiger partial charge in [-0.15, -0.1) is 11.6 Å². The third kappa shape index (κ3) is 3.27. The molecular formula is C14H21ClN2S. The first-order valence-corrected chi connectivity index (χ1v) is 8.07. The fraction of sp³-hybridized carbons (Fsp3) is 0.643. The molecular weight excluding hydrogens is 264 g/mol. The molecule has 0 saturated carbocycles. The van der Waals surface area contributed by atoms with Crippen LogP contribution in [0.1, 0.15) is 43.2 Å². The average molecular weight is 285 g/mol. The third-order valence-electron chi connectivity index (χ3n) is 3.41. The van der Waals surface area contributed by atoms with Crippen LogP contribution in [0.5, 0.6) is 0 Å². The maximum absolute atomic E-state index is 5.93. The number of alkyl halides is 1. The number of hydrogen-bond donors (Lipinski definition) is 0. The number of rotatable bonds is 4. The molecule has 0 bridgehead atoms. The molecule has 2 heterocycles. The molecule has 1 aromatic heterocycles. The van der Waals surface area contributed by atoms with E-state index >= 15 is 0 Å². The van der Waals surface area contributed by atoms with Crippen LogP contribution >= 0.6 is 22.9 Å². The lowest BCUT2D eigenvalue weighted by atomic mass is 10.1. The number of aryl methyl sites for hydroxylation is 1. The predicted molar refractivity (Wildman–Crippen MR) is 81.9 cm³/mol. The fourth-order valence-electron chi connectivity index (χ4n) is 2.17. The van der Waals surface area contributed by atoms with Gasteiger partial charge in [-0.1, -0.05) is 23.8 Å². The van der Waals surface area contributed by atoms with Gasteiger partial charge >= 0.3 is 0 Å². The molecule has 2 rings (SSSR count). The number of anilines is 1. The zero-order chi connectivity index (χ0) is 13.0. The van der Waals surface area contributed by atoms with Crippen molar-refractivity contribution in [1.29, 1.82) is 0 Å². The second-order valence-electron chi connectivity index (χ2n) is 4.78. The molecule has 100 valence electrons. The summed E-state index contributed by atoms with van der Waals surface area (Å²) in [6.07, 6.45) is 7.19. The number of allylic oxidation sites excluding steroid dienone is 1. The van der Waals surface area contributed by atoms with Gasteiger partial charge in [-0.25, -0.2) is 4.98 Å². The number of hydrogen-bond acceptors (Lipinski definition) is 3. The summed E-state index contributed by atoms with van der Waals surface area (Å²) in [5, 5.41) is 1.18. The van der Waals surface area contributed by atoms with E-state index in [4.69, 9.17) is 16.6 Å². The Morgan fingerprint density at radius 2 is 2.11 bits per heavy atom. The summed E-state index contributed by atoms with van der Waals surface area (Å²) in [5.74, 6) is 0.618. The summed E-state index contributed by atoms with van der Waals surface area (Å²) in [5.41, 5.74) is 2.42. The molecule has 0 radical (unpaired) electrons. The molecule has 0 amide bonds. The summed E-state index contributed by atoms with van der Waals surface area (Å²) in [6.45, 7) is 6.56. The largest absolute Gasteiger partial charge is 0.348 e. The molecule has 0 spiro atoms. The van der Waals surface area contributed by atoms with Crippen LogP contribution in [0.3, 0.4) is 0 Å². The van der Waals surface area contributed by atoms with Crippen molar-refractivity contribution in [3.8, 4) is 0 Å². The first-order chi connectivity index (χ1) is 8.74. The first-order valence-electron chi connectivity index (χ1n) is 6.72. The Balaban J connectivity index is 2.18. The molecule has 0 atom stereocenters. The third-order valence-corrected chi connectivity index (χ3v) is 4.92. The van der Waals surface area contributed by atoms with Crippen LogP contribution in [-0.2, 0) is 0 Å². The summed E-state index contributed by atoms with van der Waals surface area (Å²) in [6, 6.07) is 0. The quantitative estimate of drug-likeness (QED) is 0.758. The Kier molecular flexibility index (Phi) is 5.07. The minimum Gasteiger partial charge on any atom is -0.348 e. The second-order valence-corrected chi connectivity index (χ2v) is 6.06. The maximum atomic E-state index is 5.93. The van der Waals surface area contributed by atoms with Gasteiger partial charge in [-0.3, -0.25) is 0 Å². The molecule has 0 aliphatic carbocycles. The van der Waals surface area contributed by atoms with E-state index in [1.165, 1.54) is 34.8 Å². The molecule has 18 heavy (non-hydrogen) atoms. The van der Waals surface area contributed by atoms with Crippen molar-refractivity contribution in [3.63, 3.8) is 0 Å². The molecule has 1 aliphatic heterocycles. The lowest BCUT2D eigenvalue weighted by Gasteiger charge is -2.25. The summed E-state index contributed by atoms with van der Waals surface area (Å²) >= 11 is 7.74. The van der Waals surface area contributed by atoms with Gasteiger partial charge in [-0.2, -0.15) is 0 Å². The molecule has 1 fully saturated rings. The highest BCUT2D eigenvalue weighted by molar-refractivity contribution is 7.16. The van der Waals surface area contributed by atoms with Gasteiger partial charge in [0.2, 0.25) is 0 Å². The Bertz CT molecular complexity index is 413. The van der Waals surface area contributed by atoms with Crippen LogP contribution in [0.15, 0.2) is 5.57 Å². The topological polar surface area (TPSA) is 16.1 Å². The van der Waals surface area contributed by atoms with Crippen LogP contribution in [-0.4, -0.2) is 24.0 Å². The summed E-state index contributed by atoms with van der Waals surface area (Å²) in [7, 11) is 0. The molecule has 2 nitrogen and oxygen atoms in total. The van der Waals surface area contributed by atoms with Gasteiger partial charge in [0.1, 0.15) is 0 Å². The van der Waals surface area contributed by atoms with Crippen molar-refractivity contribution >= 4 is 34.1 Å². The molecule has 1 aliphatic rings. The minimum absolute atomic E-state index is 0.618. The molecule has 0 N–H and O–H groups in total. The van der Waals surface area contributed by atoms with Gasteiger partial charge in [-0.05, 0) is 38.7 Å². The number of aromatic nitrogens is 1. The fourth-order valence-corrected chi connectivity index (χ4v) is 3.54. The van der Waals surface area contributed by atoms with Crippen LogP contribution < -0.4 is 4.90 Å². The summed E-state index contributed by atoms with van der Waals surface area (Å²) < 4.78 is 0. The maximum Gasteiger partial charge on any atom is 0.186 e. The predicted octanol–water partition coefficient (Wildman–Crippen LogP) is 4.47. The zero-order valence-electron chi connectivity index (χ0n) is 11.2. The van der Waals surface area contributed by atoms with E-state index in [1.807, 2.05) is 0 Å². The van der Waals surface area contributed by atoms with Crippen molar-refractivity contribution in [2.45, 2.75) is 39.5 Å². The van der Waals surface area contributed by atoms with Crippen molar-refractivity contribution in [2.75, 3.05) is 23.9 Å². The lowest BCUT2D eigenvalue weighted by molar-refractivity contribution is 0.576. The van der Waals surface area contributed by atoms with Gasteiger partial charge < -0.3 is 4.90 Å². The SMILES string of the molecule is CCC(=Cc1sc(N2CCCCC2)nc1C)CCl. The first kappa shape index (κ1) is 13.9. The Labute approximate surface area is 119 Å². The van der Waals surface area contributed by atoms with E-state index in [9.17, 15) is 0 Å². The van der Waals surface area contributed by atoms with E-state index in [0.29, 0.717) is 5.88 Å². The summed E-state index contributed by atoms with van der Waals surface area (Å²) in [4.78, 5) is 8.41. The normalized spacial score (nSPS) is 17.3. The number of halogens is 1. The number of thiazole rings is 1. The van der Waals surface area contributed by atoms with Gasteiger partial charge in [0.15, 0.2) is 5.13 Å². The Morgan fingerprint density at radius 1 is 1.39 bits per heavy atom. The van der Waals surface area contributed by atoms with Crippen molar-refractivity contribution in [1.82, 2.24) is 4.98 Å². The molecule has 0 aromatic carbocycles.